The van der Waals surface area contributed by atoms with Crippen molar-refractivity contribution in [3.63, 3.8) is 0 Å². The Morgan fingerprint density at radius 2 is 2.07 bits per heavy atom. The molecule has 1 fully saturated rings. The van der Waals surface area contributed by atoms with Crippen LogP contribution in [0.5, 0.6) is 0 Å². The Balaban J connectivity index is 1.51. The van der Waals surface area contributed by atoms with E-state index in [0.29, 0.717) is 42.9 Å². The van der Waals surface area contributed by atoms with Crippen molar-refractivity contribution in [3.8, 4) is 11.3 Å². The van der Waals surface area contributed by atoms with E-state index in [9.17, 15) is 8.42 Å². The van der Waals surface area contributed by atoms with Crippen molar-refractivity contribution in [2.45, 2.75) is 4.90 Å². The van der Waals surface area contributed by atoms with Crippen LogP contribution in [0.4, 0.5) is 5.13 Å². The molecule has 0 unspecified atom stereocenters. The van der Waals surface area contributed by atoms with E-state index in [4.69, 9.17) is 9.15 Å². The molecular formula is C18H18N4O4S2. The molecule has 0 aliphatic carbocycles. The van der Waals surface area contributed by atoms with E-state index < -0.39 is 10.0 Å². The molecule has 4 rings (SSSR count). The summed E-state index contributed by atoms with van der Waals surface area (Å²) in [5, 5.41) is 6.52. The second-order valence-corrected chi connectivity index (χ2v) is 8.76. The molecular weight excluding hydrogens is 400 g/mol. The molecule has 28 heavy (non-hydrogen) atoms. The van der Waals surface area contributed by atoms with Gasteiger partial charge in [-0.25, -0.2) is 13.4 Å². The molecule has 10 heteroatoms. The first-order valence-corrected chi connectivity index (χ1v) is 10.9. The van der Waals surface area contributed by atoms with Crippen molar-refractivity contribution in [1.82, 2.24) is 9.29 Å². The van der Waals surface area contributed by atoms with Gasteiger partial charge in [0.2, 0.25) is 15.2 Å². The molecule has 146 valence electrons. The molecule has 3 aromatic rings. The van der Waals surface area contributed by atoms with E-state index in [2.05, 4.69) is 15.5 Å². The third kappa shape index (κ3) is 4.14. The van der Waals surface area contributed by atoms with Crippen LogP contribution in [-0.2, 0) is 14.8 Å². The highest BCUT2D eigenvalue weighted by Gasteiger charge is 2.26. The van der Waals surface area contributed by atoms with Crippen molar-refractivity contribution in [2.24, 2.45) is 5.10 Å². The van der Waals surface area contributed by atoms with E-state index >= 15 is 0 Å². The molecule has 2 aromatic heterocycles. The SMILES string of the molecule is O=S(=O)(c1cccc(-c2csc(N/N=C\c3ccco3)n2)c1)N1CCOCC1. The number of ether oxygens (including phenoxy) is 1. The minimum Gasteiger partial charge on any atom is -0.463 e. The van der Waals surface area contributed by atoms with Gasteiger partial charge in [0.1, 0.15) is 5.76 Å². The third-order valence-electron chi connectivity index (χ3n) is 4.14. The number of hydrazone groups is 1. The lowest BCUT2D eigenvalue weighted by Gasteiger charge is -2.26. The number of furan rings is 1. The van der Waals surface area contributed by atoms with Crippen LogP contribution < -0.4 is 5.43 Å². The average molecular weight is 419 g/mol. The first kappa shape index (κ1) is 18.8. The van der Waals surface area contributed by atoms with Crippen LogP contribution in [0.2, 0.25) is 0 Å². The molecule has 1 saturated heterocycles. The molecule has 3 heterocycles. The second kappa shape index (κ2) is 8.23. The van der Waals surface area contributed by atoms with E-state index in [1.807, 2.05) is 11.4 Å². The lowest BCUT2D eigenvalue weighted by Crippen LogP contribution is -2.40. The van der Waals surface area contributed by atoms with E-state index in [0.717, 1.165) is 5.56 Å². The van der Waals surface area contributed by atoms with Gasteiger partial charge in [0.25, 0.3) is 0 Å². The summed E-state index contributed by atoms with van der Waals surface area (Å²) >= 11 is 1.38. The molecule has 0 spiro atoms. The molecule has 1 aliphatic rings. The molecule has 0 atom stereocenters. The minimum atomic E-state index is -3.55. The lowest BCUT2D eigenvalue weighted by atomic mass is 10.2. The Bertz CT molecular complexity index is 1050. The van der Waals surface area contributed by atoms with Crippen molar-refractivity contribution in [1.29, 1.82) is 0 Å². The second-order valence-electron chi connectivity index (χ2n) is 5.97. The fourth-order valence-corrected chi connectivity index (χ4v) is 4.85. The Morgan fingerprint density at radius 1 is 1.21 bits per heavy atom. The topological polar surface area (TPSA) is 97.0 Å². The summed E-state index contributed by atoms with van der Waals surface area (Å²) in [6.45, 7) is 1.56. The predicted octanol–water partition coefficient (Wildman–Crippen LogP) is 2.87. The number of anilines is 1. The number of sulfonamides is 1. The van der Waals surface area contributed by atoms with Crippen LogP contribution in [-0.4, -0.2) is 50.2 Å². The fraction of sp³-hybridized carbons (Fsp3) is 0.222. The van der Waals surface area contributed by atoms with Gasteiger partial charge in [-0.1, -0.05) is 12.1 Å². The number of benzene rings is 1. The van der Waals surface area contributed by atoms with Gasteiger partial charge < -0.3 is 9.15 Å². The summed E-state index contributed by atoms with van der Waals surface area (Å²) in [6, 6.07) is 10.4. The van der Waals surface area contributed by atoms with E-state index in [1.54, 1.807) is 42.8 Å². The zero-order chi connectivity index (χ0) is 19.4. The van der Waals surface area contributed by atoms with Gasteiger partial charge in [-0.2, -0.15) is 9.41 Å². The van der Waals surface area contributed by atoms with Crippen LogP contribution in [0.3, 0.4) is 0 Å². The zero-order valence-electron chi connectivity index (χ0n) is 14.8. The van der Waals surface area contributed by atoms with E-state index in [-0.39, 0.29) is 4.90 Å². The quantitative estimate of drug-likeness (QED) is 0.488. The monoisotopic (exact) mass is 418 g/mol. The van der Waals surface area contributed by atoms with Gasteiger partial charge in [0.05, 0.1) is 36.3 Å². The minimum absolute atomic E-state index is 0.255. The average Bonchev–Trinajstić information content (AvgIpc) is 3.41. The molecule has 0 radical (unpaired) electrons. The first-order valence-electron chi connectivity index (χ1n) is 8.59. The van der Waals surface area contributed by atoms with Crippen molar-refractivity contribution < 1.29 is 17.6 Å². The normalized spacial score (nSPS) is 15.9. The van der Waals surface area contributed by atoms with Gasteiger partial charge in [-0.05, 0) is 24.3 Å². The maximum atomic E-state index is 12.8. The highest BCUT2D eigenvalue weighted by Crippen LogP contribution is 2.28. The summed E-state index contributed by atoms with van der Waals surface area (Å²) in [6.07, 6.45) is 3.12. The number of hydrogen-bond donors (Lipinski definition) is 1. The molecule has 1 N–H and O–H groups in total. The van der Waals surface area contributed by atoms with Crippen molar-refractivity contribution in [3.05, 3.63) is 53.8 Å². The standard InChI is InChI=1S/C18H18N4O4S2/c23-28(24,22-6-9-25-10-7-22)16-5-1-3-14(11-16)17-13-27-18(20-17)21-19-12-15-4-2-8-26-15/h1-5,8,11-13H,6-7,9-10H2,(H,20,21)/b19-12-. The molecule has 8 nitrogen and oxygen atoms in total. The zero-order valence-corrected chi connectivity index (χ0v) is 16.4. The molecule has 1 aromatic carbocycles. The van der Waals surface area contributed by atoms with Gasteiger partial charge in [0, 0.05) is 24.0 Å². The smallest absolute Gasteiger partial charge is 0.243 e. The first-order chi connectivity index (χ1) is 13.6. The van der Waals surface area contributed by atoms with Crippen LogP contribution >= 0.6 is 11.3 Å². The summed E-state index contributed by atoms with van der Waals surface area (Å²) < 4.78 is 37.5. The van der Waals surface area contributed by atoms with Crippen molar-refractivity contribution in [2.75, 3.05) is 31.7 Å². The maximum Gasteiger partial charge on any atom is 0.243 e. The molecule has 0 bridgehead atoms. The number of rotatable bonds is 6. The summed E-state index contributed by atoms with van der Waals surface area (Å²) in [4.78, 5) is 4.72. The molecule has 0 amide bonds. The Kier molecular flexibility index (Phi) is 5.53. The summed E-state index contributed by atoms with van der Waals surface area (Å²) in [5.74, 6) is 0.630. The maximum absolute atomic E-state index is 12.8. The lowest BCUT2D eigenvalue weighted by molar-refractivity contribution is 0.0730. The Hall–Kier alpha value is -2.53. The number of nitrogens with zero attached hydrogens (tertiary/aromatic N) is 3. The third-order valence-corrected chi connectivity index (χ3v) is 6.78. The van der Waals surface area contributed by atoms with Gasteiger partial charge in [-0.3, -0.25) is 5.43 Å². The van der Waals surface area contributed by atoms with Gasteiger partial charge in [-0.15, -0.1) is 11.3 Å². The van der Waals surface area contributed by atoms with Crippen LogP contribution in [0.15, 0.2) is 62.5 Å². The fourth-order valence-electron chi connectivity index (χ4n) is 2.73. The number of aromatic nitrogens is 1. The largest absolute Gasteiger partial charge is 0.463 e. The number of nitrogens with one attached hydrogen (secondary N) is 1. The molecule has 0 saturated carbocycles. The predicted molar refractivity (Wildman–Crippen MR) is 107 cm³/mol. The molecule has 1 aliphatic heterocycles. The van der Waals surface area contributed by atoms with Crippen molar-refractivity contribution >= 4 is 32.7 Å². The summed E-state index contributed by atoms with van der Waals surface area (Å²) in [7, 11) is -3.55. The van der Waals surface area contributed by atoms with Crippen LogP contribution in [0.1, 0.15) is 5.76 Å². The Labute approximate surface area is 166 Å². The van der Waals surface area contributed by atoms with Crippen LogP contribution in [0, 0.1) is 0 Å². The van der Waals surface area contributed by atoms with Crippen LogP contribution in [0.25, 0.3) is 11.3 Å². The van der Waals surface area contributed by atoms with E-state index in [1.165, 1.54) is 15.6 Å². The van der Waals surface area contributed by atoms with Gasteiger partial charge in [0.15, 0.2) is 0 Å². The number of morpholine rings is 1. The highest BCUT2D eigenvalue weighted by atomic mass is 32.2. The number of thiazole rings is 1. The summed E-state index contributed by atoms with van der Waals surface area (Å²) in [5.41, 5.74) is 4.26. The Morgan fingerprint density at radius 3 is 2.86 bits per heavy atom. The number of hydrogen-bond acceptors (Lipinski definition) is 8. The highest BCUT2D eigenvalue weighted by molar-refractivity contribution is 7.89. The van der Waals surface area contributed by atoms with Gasteiger partial charge >= 0.3 is 0 Å².